The van der Waals surface area contributed by atoms with Crippen LogP contribution in [0.3, 0.4) is 0 Å². The third kappa shape index (κ3) is 2.30. The number of rotatable bonds is 3. The van der Waals surface area contributed by atoms with Crippen molar-refractivity contribution in [1.29, 1.82) is 0 Å². The van der Waals surface area contributed by atoms with Crippen LogP contribution in [0, 0.1) is 0 Å². The second kappa shape index (κ2) is 4.82. The average Bonchev–Trinajstić information content (AvgIpc) is 2.90. The molecule has 0 bridgehead atoms. The van der Waals surface area contributed by atoms with Crippen molar-refractivity contribution >= 4 is 0 Å². The lowest BCUT2D eigenvalue weighted by Crippen LogP contribution is -2.32. The van der Waals surface area contributed by atoms with Crippen LogP contribution in [0.4, 0.5) is 0 Å². The first-order chi connectivity index (χ1) is 9.21. The molecule has 0 aromatic carbocycles. The Balaban J connectivity index is 1.86. The van der Waals surface area contributed by atoms with Crippen LogP contribution < -0.4 is 0 Å². The monoisotopic (exact) mass is 257 g/mol. The first-order valence-electron chi connectivity index (χ1n) is 6.94. The number of aliphatic hydroxyl groups is 1. The lowest BCUT2D eigenvalue weighted by atomic mass is 9.80. The minimum Gasteiger partial charge on any atom is -0.469 e. The highest BCUT2D eigenvalue weighted by atomic mass is 16.3. The molecule has 0 saturated carbocycles. The fourth-order valence-corrected chi connectivity index (χ4v) is 2.88. The predicted octanol–water partition coefficient (Wildman–Crippen LogP) is 3.00. The Labute approximate surface area is 113 Å². The predicted molar refractivity (Wildman–Crippen MR) is 72.9 cm³/mol. The van der Waals surface area contributed by atoms with Gasteiger partial charge in [0, 0.05) is 30.3 Å². The molecule has 0 fully saturated rings. The van der Waals surface area contributed by atoms with E-state index in [1.807, 2.05) is 18.3 Å². The Morgan fingerprint density at radius 1 is 1.37 bits per heavy atom. The van der Waals surface area contributed by atoms with Crippen LogP contribution in [0.5, 0.6) is 0 Å². The number of fused-ring (bicyclic) bond motifs is 1. The molecule has 1 atom stereocenters. The number of aromatic nitrogens is 1. The van der Waals surface area contributed by atoms with E-state index in [1.165, 1.54) is 5.56 Å². The highest BCUT2D eigenvalue weighted by Gasteiger charge is 2.36. The number of hydrogen-bond donors (Lipinski definition) is 1. The maximum atomic E-state index is 10.9. The van der Waals surface area contributed by atoms with Gasteiger partial charge in [-0.15, -0.1) is 0 Å². The van der Waals surface area contributed by atoms with Gasteiger partial charge < -0.3 is 9.52 Å². The highest BCUT2D eigenvalue weighted by molar-refractivity contribution is 5.29. The summed E-state index contributed by atoms with van der Waals surface area (Å²) in [4.78, 5) is 4.46. The Kier molecular flexibility index (Phi) is 3.15. The van der Waals surface area contributed by atoms with Crippen LogP contribution >= 0.6 is 0 Å². The Bertz CT molecular complexity index is 558. The summed E-state index contributed by atoms with van der Waals surface area (Å²) >= 11 is 0. The minimum atomic E-state index is -0.818. The lowest BCUT2D eigenvalue weighted by molar-refractivity contribution is 0.0159. The number of nitrogens with zero attached hydrogens (tertiary/aromatic N) is 1. The quantitative estimate of drug-likeness (QED) is 0.919. The third-order valence-electron chi connectivity index (χ3n) is 4.01. The van der Waals surface area contributed by atoms with E-state index in [0.29, 0.717) is 6.42 Å². The van der Waals surface area contributed by atoms with Gasteiger partial charge in [0.2, 0.25) is 0 Å². The molecule has 100 valence electrons. The Hall–Kier alpha value is -1.61. The van der Waals surface area contributed by atoms with E-state index in [-0.39, 0.29) is 0 Å². The molecule has 19 heavy (non-hydrogen) atoms. The van der Waals surface area contributed by atoms with Gasteiger partial charge in [0.05, 0.1) is 11.9 Å². The van der Waals surface area contributed by atoms with Gasteiger partial charge >= 0.3 is 0 Å². The summed E-state index contributed by atoms with van der Waals surface area (Å²) in [6, 6.07) is 6.00. The first-order valence-corrected chi connectivity index (χ1v) is 6.94. The van der Waals surface area contributed by atoms with Crippen LogP contribution in [-0.2, 0) is 24.9 Å². The van der Waals surface area contributed by atoms with Gasteiger partial charge in [0.1, 0.15) is 5.76 Å². The smallest absolute Gasteiger partial charge is 0.109 e. The normalized spacial score (nSPS) is 22.2. The number of hydrogen-bond acceptors (Lipinski definition) is 3. The molecule has 3 heteroatoms. The summed E-state index contributed by atoms with van der Waals surface area (Å²) in [5, 5.41) is 10.9. The van der Waals surface area contributed by atoms with Crippen molar-refractivity contribution in [2.45, 2.75) is 44.6 Å². The molecule has 2 heterocycles. The van der Waals surface area contributed by atoms with Crippen LogP contribution in [0.2, 0.25) is 0 Å². The van der Waals surface area contributed by atoms with E-state index < -0.39 is 5.60 Å². The summed E-state index contributed by atoms with van der Waals surface area (Å²) in [5.74, 6) is 0.930. The zero-order chi connectivity index (χ0) is 13.3. The summed E-state index contributed by atoms with van der Waals surface area (Å²) < 4.78 is 5.45. The molecule has 2 aromatic rings. The van der Waals surface area contributed by atoms with Gasteiger partial charge in [-0.05, 0) is 37.0 Å². The van der Waals surface area contributed by atoms with Crippen molar-refractivity contribution in [1.82, 2.24) is 4.98 Å². The molecular weight excluding hydrogens is 238 g/mol. The van der Waals surface area contributed by atoms with Gasteiger partial charge in [-0.1, -0.05) is 13.0 Å². The number of pyridine rings is 1. The molecule has 1 aliphatic carbocycles. The summed E-state index contributed by atoms with van der Waals surface area (Å²) in [6.07, 6.45) is 7.78. The van der Waals surface area contributed by atoms with Gasteiger partial charge in [0.25, 0.3) is 0 Å². The fourth-order valence-electron chi connectivity index (χ4n) is 2.88. The minimum absolute atomic E-state index is 0.559. The standard InChI is InChI=1S/C16H19NO2/c1-2-12-5-6-13(17-11-12)10-16(18)8-3-4-15-14(16)7-9-19-15/h5-7,9,11,18H,2-4,8,10H2,1H3. The Morgan fingerprint density at radius 3 is 3.00 bits per heavy atom. The topological polar surface area (TPSA) is 46.3 Å². The summed E-state index contributed by atoms with van der Waals surface area (Å²) in [5.41, 5.74) is 2.29. The van der Waals surface area contributed by atoms with E-state index >= 15 is 0 Å². The zero-order valence-electron chi connectivity index (χ0n) is 11.2. The molecule has 0 aliphatic heterocycles. The van der Waals surface area contributed by atoms with E-state index in [9.17, 15) is 5.11 Å². The van der Waals surface area contributed by atoms with Gasteiger partial charge in [-0.25, -0.2) is 0 Å². The van der Waals surface area contributed by atoms with Crippen LogP contribution in [0.25, 0.3) is 0 Å². The van der Waals surface area contributed by atoms with Crippen LogP contribution in [-0.4, -0.2) is 10.1 Å². The molecule has 3 rings (SSSR count). The molecule has 0 amide bonds. The maximum Gasteiger partial charge on any atom is 0.109 e. The summed E-state index contributed by atoms with van der Waals surface area (Å²) in [6.45, 7) is 2.11. The van der Waals surface area contributed by atoms with Crippen molar-refractivity contribution < 1.29 is 9.52 Å². The van der Waals surface area contributed by atoms with Crippen molar-refractivity contribution in [3.05, 3.63) is 53.2 Å². The lowest BCUT2D eigenvalue weighted by Gasteiger charge is -2.31. The molecule has 0 spiro atoms. The number of furan rings is 1. The maximum absolute atomic E-state index is 10.9. The van der Waals surface area contributed by atoms with E-state index in [2.05, 4.69) is 18.0 Å². The van der Waals surface area contributed by atoms with Gasteiger partial charge in [-0.3, -0.25) is 4.98 Å². The van der Waals surface area contributed by atoms with Crippen LogP contribution in [0.15, 0.2) is 35.1 Å². The molecule has 1 unspecified atom stereocenters. The van der Waals surface area contributed by atoms with Gasteiger partial charge in [0.15, 0.2) is 0 Å². The molecule has 0 radical (unpaired) electrons. The van der Waals surface area contributed by atoms with Crippen molar-refractivity contribution in [3.63, 3.8) is 0 Å². The molecule has 0 saturated heterocycles. The molecule has 2 aromatic heterocycles. The van der Waals surface area contributed by atoms with Crippen molar-refractivity contribution in [3.8, 4) is 0 Å². The van der Waals surface area contributed by atoms with Gasteiger partial charge in [-0.2, -0.15) is 0 Å². The SMILES string of the molecule is CCc1ccc(CC2(O)CCCc3occc32)nc1. The third-order valence-corrected chi connectivity index (χ3v) is 4.01. The fraction of sp³-hybridized carbons (Fsp3) is 0.438. The first kappa shape index (κ1) is 12.4. The Morgan fingerprint density at radius 2 is 2.26 bits per heavy atom. The van der Waals surface area contributed by atoms with E-state index in [0.717, 1.165) is 42.7 Å². The molecule has 1 N–H and O–H groups in total. The molecule has 3 nitrogen and oxygen atoms in total. The summed E-state index contributed by atoms with van der Waals surface area (Å²) in [7, 11) is 0. The number of aryl methyl sites for hydroxylation is 2. The second-order valence-electron chi connectivity index (χ2n) is 5.33. The second-order valence-corrected chi connectivity index (χ2v) is 5.33. The van der Waals surface area contributed by atoms with Crippen LogP contribution in [0.1, 0.15) is 42.3 Å². The highest BCUT2D eigenvalue weighted by Crippen LogP contribution is 2.38. The van der Waals surface area contributed by atoms with E-state index in [4.69, 9.17) is 4.42 Å². The average molecular weight is 257 g/mol. The van der Waals surface area contributed by atoms with Crippen molar-refractivity contribution in [2.24, 2.45) is 0 Å². The molecule has 1 aliphatic rings. The van der Waals surface area contributed by atoms with Crippen molar-refractivity contribution in [2.75, 3.05) is 0 Å². The van der Waals surface area contributed by atoms with E-state index in [1.54, 1.807) is 6.26 Å². The molecular formula is C16H19NO2. The largest absolute Gasteiger partial charge is 0.469 e. The zero-order valence-corrected chi connectivity index (χ0v) is 11.2.